The van der Waals surface area contributed by atoms with Crippen molar-refractivity contribution >= 4 is 16.9 Å². The van der Waals surface area contributed by atoms with Crippen LogP contribution in [0.5, 0.6) is 0 Å². The van der Waals surface area contributed by atoms with E-state index < -0.39 is 17.2 Å². The number of aromatic nitrogens is 1. The molecule has 1 aliphatic carbocycles. The monoisotopic (exact) mass is 378 g/mol. The number of hydrogen-bond donors (Lipinski definition) is 1. The molecule has 2 heterocycles. The van der Waals surface area contributed by atoms with E-state index in [9.17, 15) is 19.1 Å². The van der Waals surface area contributed by atoms with Crippen LogP contribution >= 0.6 is 0 Å². The molecule has 1 N–H and O–H groups in total. The van der Waals surface area contributed by atoms with Crippen molar-refractivity contribution in [3.8, 4) is 11.1 Å². The van der Waals surface area contributed by atoms with Gasteiger partial charge in [-0.1, -0.05) is 12.1 Å². The fraction of sp³-hybridized carbons (Fsp3) is 0.273. The van der Waals surface area contributed by atoms with Crippen LogP contribution < -0.4 is 5.43 Å². The van der Waals surface area contributed by atoms with Gasteiger partial charge in [-0.2, -0.15) is 0 Å². The van der Waals surface area contributed by atoms with E-state index in [1.54, 1.807) is 6.07 Å². The fourth-order valence-electron chi connectivity index (χ4n) is 4.13. The van der Waals surface area contributed by atoms with Crippen molar-refractivity contribution in [3.05, 3.63) is 69.3 Å². The summed E-state index contributed by atoms with van der Waals surface area (Å²) in [5.74, 6) is -1.80. The van der Waals surface area contributed by atoms with Gasteiger partial charge in [0.2, 0.25) is 5.43 Å². The second-order valence-corrected chi connectivity index (χ2v) is 7.82. The van der Waals surface area contributed by atoms with Crippen molar-refractivity contribution in [1.82, 2.24) is 9.47 Å². The average molecular weight is 378 g/mol. The smallest absolute Gasteiger partial charge is 0.341 e. The average Bonchev–Trinajstić information content (AvgIpc) is 3.42. The maximum Gasteiger partial charge on any atom is 0.341 e. The summed E-state index contributed by atoms with van der Waals surface area (Å²) in [6.45, 7) is 1.71. The van der Waals surface area contributed by atoms with Crippen molar-refractivity contribution in [2.24, 2.45) is 0 Å². The largest absolute Gasteiger partial charge is 0.477 e. The van der Waals surface area contributed by atoms with Crippen LogP contribution in [-0.2, 0) is 13.1 Å². The van der Waals surface area contributed by atoms with Crippen molar-refractivity contribution in [1.29, 1.82) is 0 Å². The number of carboxylic acid groups (broad SMARTS) is 1. The molecular formula is C22H19FN2O3. The standard InChI is InChI=1S/C22H19FN2O3/c1-24-9-13-3-2-12(6-14(13)10-24)16-8-20-17(7-19(16)23)21(26)18(22(27)28)11-25(20)15-4-5-15/h2-3,6-8,11,15H,4-5,9-10H2,1H3,(H,27,28). The first-order valence-corrected chi connectivity index (χ1v) is 9.35. The number of halogens is 1. The van der Waals surface area contributed by atoms with Crippen LogP contribution in [0.1, 0.15) is 40.4 Å². The van der Waals surface area contributed by atoms with E-state index in [0.29, 0.717) is 11.1 Å². The van der Waals surface area contributed by atoms with E-state index in [1.807, 2.05) is 29.8 Å². The number of pyridine rings is 1. The molecule has 5 rings (SSSR count). The Morgan fingerprint density at radius 3 is 2.61 bits per heavy atom. The van der Waals surface area contributed by atoms with Crippen molar-refractivity contribution in [2.45, 2.75) is 32.0 Å². The minimum absolute atomic E-state index is 0.119. The van der Waals surface area contributed by atoms with Crippen LogP contribution in [0.25, 0.3) is 22.0 Å². The molecule has 5 nitrogen and oxygen atoms in total. The van der Waals surface area contributed by atoms with Crippen LogP contribution in [0.15, 0.2) is 41.3 Å². The highest BCUT2D eigenvalue weighted by molar-refractivity contribution is 5.94. The number of carbonyl (C=O) groups is 1. The summed E-state index contributed by atoms with van der Waals surface area (Å²) in [5.41, 5.74) is 3.26. The molecule has 0 spiro atoms. The summed E-state index contributed by atoms with van der Waals surface area (Å²) in [5, 5.41) is 9.47. The molecule has 1 aliphatic heterocycles. The maximum absolute atomic E-state index is 15.0. The quantitative estimate of drug-likeness (QED) is 0.753. The Hall–Kier alpha value is -2.99. The van der Waals surface area contributed by atoms with E-state index >= 15 is 0 Å². The zero-order valence-electron chi connectivity index (χ0n) is 15.4. The molecule has 0 saturated heterocycles. The van der Waals surface area contributed by atoms with Gasteiger partial charge in [0, 0.05) is 36.3 Å². The SMILES string of the molecule is CN1Cc2ccc(-c3cc4c(cc3F)c(=O)c(C(=O)O)cn4C3CC3)cc2C1. The van der Waals surface area contributed by atoms with E-state index in [-0.39, 0.29) is 17.0 Å². The lowest BCUT2D eigenvalue weighted by molar-refractivity contribution is 0.0695. The first-order chi connectivity index (χ1) is 13.4. The van der Waals surface area contributed by atoms with Gasteiger partial charge >= 0.3 is 5.97 Å². The third-order valence-electron chi connectivity index (χ3n) is 5.69. The number of nitrogens with zero attached hydrogens (tertiary/aromatic N) is 2. The summed E-state index contributed by atoms with van der Waals surface area (Å²) < 4.78 is 16.8. The van der Waals surface area contributed by atoms with Gasteiger partial charge < -0.3 is 9.67 Å². The Bertz CT molecular complexity index is 1210. The maximum atomic E-state index is 15.0. The topological polar surface area (TPSA) is 62.5 Å². The Labute approximate surface area is 160 Å². The van der Waals surface area contributed by atoms with Gasteiger partial charge in [0.25, 0.3) is 0 Å². The van der Waals surface area contributed by atoms with Gasteiger partial charge in [0.15, 0.2) is 0 Å². The predicted molar refractivity (Wildman–Crippen MR) is 104 cm³/mol. The number of rotatable bonds is 3. The van der Waals surface area contributed by atoms with E-state index in [4.69, 9.17) is 0 Å². The number of aromatic carboxylic acids is 1. The summed E-state index contributed by atoms with van der Waals surface area (Å²) in [6, 6.07) is 8.99. The van der Waals surface area contributed by atoms with Crippen LogP contribution in [0.2, 0.25) is 0 Å². The molecule has 0 unspecified atom stereocenters. The molecule has 142 valence electrons. The molecule has 28 heavy (non-hydrogen) atoms. The predicted octanol–water partition coefficient (Wildman–Crippen LogP) is 3.79. The Morgan fingerprint density at radius 1 is 1.14 bits per heavy atom. The van der Waals surface area contributed by atoms with Crippen molar-refractivity contribution in [2.75, 3.05) is 7.05 Å². The zero-order valence-corrected chi connectivity index (χ0v) is 15.4. The molecule has 1 fully saturated rings. The lowest BCUT2D eigenvalue weighted by atomic mass is 9.98. The first-order valence-electron chi connectivity index (χ1n) is 9.35. The molecule has 0 atom stereocenters. The zero-order chi connectivity index (χ0) is 19.6. The first kappa shape index (κ1) is 17.1. The van der Waals surface area contributed by atoms with Crippen LogP contribution in [0.3, 0.4) is 0 Å². The molecule has 2 aromatic carbocycles. The normalized spacial score (nSPS) is 16.5. The molecule has 0 amide bonds. The third-order valence-corrected chi connectivity index (χ3v) is 5.69. The molecular weight excluding hydrogens is 359 g/mol. The second kappa shape index (κ2) is 6.01. The molecule has 1 aromatic heterocycles. The van der Waals surface area contributed by atoms with Crippen LogP contribution in [0, 0.1) is 5.82 Å². The van der Waals surface area contributed by atoms with Gasteiger partial charge in [0.1, 0.15) is 11.4 Å². The minimum atomic E-state index is -1.28. The molecule has 0 bridgehead atoms. The van der Waals surface area contributed by atoms with E-state index in [0.717, 1.165) is 31.5 Å². The van der Waals surface area contributed by atoms with Crippen molar-refractivity contribution < 1.29 is 14.3 Å². The fourth-order valence-corrected chi connectivity index (χ4v) is 4.13. The van der Waals surface area contributed by atoms with Crippen LogP contribution in [-0.4, -0.2) is 27.6 Å². The van der Waals surface area contributed by atoms with Gasteiger partial charge in [-0.25, -0.2) is 9.18 Å². The molecule has 3 aromatic rings. The highest BCUT2D eigenvalue weighted by atomic mass is 19.1. The molecule has 2 aliphatic rings. The molecule has 1 saturated carbocycles. The number of benzene rings is 2. The summed E-state index contributed by atoms with van der Waals surface area (Å²) >= 11 is 0. The van der Waals surface area contributed by atoms with Gasteiger partial charge in [-0.3, -0.25) is 9.69 Å². The summed E-state index contributed by atoms with van der Waals surface area (Å²) in [6.07, 6.45) is 3.26. The molecule has 6 heteroatoms. The third kappa shape index (κ3) is 2.64. The number of hydrogen-bond acceptors (Lipinski definition) is 3. The second-order valence-electron chi connectivity index (χ2n) is 7.82. The summed E-state index contributed by atoms with van der Waals surface area (Å²) in [4.78, 5) is 26.2. The van der Waals surface area contributed by atoms with Gasteiger partial charge in [-0.05, 0) is 54.8 Å². The van der Waals surface area contributed by atoms with E-state index in [2.05, 4.69) is 4.90 Å². The van der Waals surface area contributed by atoms with Crippen LogP contribution in [0.4, 0.5) is 4.39 Å². The van der Waals surface area contributed by atoms with Gasteiger partial charge in [0.05, 0.1) is 5.52 Å². The summed E-state index contributed by atoms with van der Waals surface area (Å²) in [7, 11) is 2.05. The minimum Gasteiger partial charge on any atom is -0.477 e. The number of fused-ring (bicyclic) bond motifs is 2. The van der Waals surface area contributed by atoms with Gasteiger partial charge in [-0.15, -0.1) is 0 Å². The Kier molecular flexibility index (Phi) is 3.67. The molecule has 0 radical (unpaired) electrons. The Balaban J connectivity index is 1.74. The van der Waals surface area contributed by atoms with E-state index in [1.165, 1.54) is 23.4 Å². The Morgan fingerprint density at radius 2 is 1.89 bits per heavy atom. The van der Waals surface area contributed by atoms with Crippen molar-refractivity contribution in [3.63, 3.8) is 0 Å². The lowest BCUT2D eigenvalue weighted by Crippen LogP contribution is -2.19. The lowest BCUT2D eigenvalue weighted by Gasteiger charge is -2.14. The highest BCUT2D eigenvalue weighted by Crippen LogP contribution is 2.38. The highest BCUT2D eigenvalue weighted by Gasteiger charge is 2.27. The number of carboxylic acids is 1.